The highest BCUT2D eigenvalue weighted by Crippen LogP contribution is 2.33. The van der Waals surface area contributed by atoms with Crippen molar-refractivity contribution in [3.8, 4) is 0 Å². The summed E-state index contributed by atoms with van der Waals surface area (Å²) in [5.74, 6) is 0. The number of hydrogen-bond donors (Lipinski definition) is 0. The predicted octanol–water partition coefficient (Wildman–Crippen LogP) is 4.24. The van der Waals surface area contributed by atoms with E-state index in [9.17, 15) is 0 Å². The number of benzene rings is 2. The lowest BCUT2D eigenvalue weighted by atomic mass is 10.1. The summed E-state index contributed by atoms with van der Waals surface area (Å²) < 4.78 is 2.26. The maximum Gasteiger partial charge on any atom is 0.0605 e. The van der Waals surface area contributed by atoms with Crippen LogP contribution >= 0.6 is 8.35 Å². The van der Waals surface area contributed by atoms with Crippen molar-refractivity contribution in [1.82, 2.24) is 4.34 Å². The molecule has 1 aromatic heterocycles. The van der Waals surface area contributed by atoms with Crippen LogP contribution in [0, 0.1) is 6.92 Å². The van der Waals surface area contributed by atoms with Crippen molar-refractivity contribution >= 4 is 36.5 Å². The maximum atomic E-state index is 4.00. The highest BCUT2D eigenvalue weighted by atomic mass is 31.1. The molecule has 0 saturated heterocycles. The SMILES string of the molecule is C=Pn1c2ccccc2c2cccc(C)c21. The first-order valence-corrected chi connectivity index (χ1v) is 6.32. The van der Waals surface area contributed by atoms with Gasteiger partial charge in [0.25, 0.3) is 0 Å². The van der Waals surface area contributed by atoms with E-state index < -0.39 is 0 Å². The van der Waals surface area contributed by atoms with Gasteiger partial charge < -0.3 is 0 Å². The quantitative estimate of drug-likeness (QED) is 0.546. The van der Waals surface area contributed by atoms with E-state index in [1.807, 2.05) is 0 Å². The average Bonchev–Trinajstić information content (AvgIpc) is 2.65. The van der Waals surface area contributed by atoms with Crippen LogP contribution in [0.5, 0.6) is 0 Å². The van der Waals surface area contributed by atoms with E-state index in [0.717, 1.165) is 8.35 Å². The first-order valence-electron chi connectivity index (χ1n) is 5.28. The Morgan fingerprint density at radius 2 is 1.75 bits per heavy atom. The van der Waals surface area contributed by atoms with Gasteiger partial charge in [-0.05, 0) is 18.6 Å². The molecule has 0 unspecified atom stereocenters. The van der Waals surface area contributed by atoms with Crippen LogP contribution in [0.15, 0.2) is 42.5 Å². The molecular formula is C14H12NP. The summed E-state index contributed by atoms with van der Waals surface area (Å²) in [7, 11) is 1.02. The first kappa shape index (κ1) is 9.62. The molecule has 2 aromatic carbocycles. The van der Waals surface area contributed by atoms with Crippen molar-refractivity contribution in [2.75, 3.05) is 0 Å². The molecule has 0 fully saturated rings. The van der Waals surface area contributed by atoms with E-state index in [4.69, 9.17) is 0 Å². The zero-order valence-electron chi connectivity index (χ0n) is 9.14. The molecule has 1 nitrogen and oxygen atoms in total. The third-order valence-corrected chi connectivity index (χ3v) is 3.71. The number of fused-ring (bicyclic) bond motifs is 3. The van der Waals surface area contributed by atoms with Gasteiger partial charge in [-0.25, -0.2) is 0 Å². The number of rotatable bonds is 1. The number of nitrogens with zero attached hydrogens (tertiary/aromatic N) is 1. The van der Waals surface area contributed by atoms with E-state index in [-0.39, 0.29) is 0 Å². The fraction of sp³-hybridized carbons (Fsp3) is 0.0714. The largest absolute Gasteiger partial charge is 0.292 e. The van der Waals surface area contributed by atoms with E-state index in [1.54, 1.807) is 0 Å². The molecule has 78 valence electrons. The second-order valence-corrected chi connectivity index (χ2v) is 4.62. The highest BCUT2D eigenvalue weighted by Gasteiger charge is 2.09. The number of para-hydroxylation sites is 2. The zero-order chi connectivity index (χ0) is 11.1. The van der Waals surface area contributed by atoms with Crippen LogP contribution in [0.2, 0.25) is 0 Å². The summed E-state index contributed by atoms with van der Waals surface area (Å²) in [4.78, 5) is 0. The van der Waals surface area contributed by atoms with Crippen LogP contribution < -0.4 is 0 Å². The van der Waals surface area contributed by atoms with Gasteiger partial charge in [-0.15, -0.1) is 0 Å². The second-order valence-electron chi connectivity index (χ2n) is 3.94. The topological polar surface area (TPSA) is 4.93 Å². The van der Waals surface area contributed by atoms with Crippen LogP contribution in [0.1, 0.15) is 5.56 Å². The smallest absolute Gasteiger partial charge is 0.0605 e. The Labute approximate surface area is 96.2 Å². The third kappa shape index (κ3) is 1.15. The fourth-order valence-corrected chi connectivity index (χ4v) is 3.04. The van der Waals surface area contributed by atoms with Crippen LogP contribution in [-0.4, -0.2) is 10.6 Å². The van der Waals surface area contributed by atoms with E-state index in [2.05, 4.69) is 60.0 Å². The van der Waals surface area contributed by atoms with E-state index in [1.165, 1.54) is 27.4 Å². The molecule has 0 bridgehead atoms. The molecule has 0 N–H and O–H groups in total. The monoisotopic (exact) mass is 225 g/mol. The molecule has 3 aromatic rings. The molecule has 2 heteroatoms. The van der Waals surface area contributed by atoms with Crippen molar-refractivity contribution < 1.29 is 0 Å². The van der Waals surface area contributed by atoms with Gasteiger partial charge >= 0.3 is 0 Å². The summed E-state index contributed by atoms with van der Waals surface area (Å²) in [5, 5.41) is 2.64. The number of aryl methyl sites for hydroxylation is 1. The average molecular weight is 225 g/mol. The Morgan fingerprint density at radius 1 is 1.00 bits per heavy atom. The van der Waals surface area contributed by atoms with Gasteiger partial charge in [-0.3, -0.25) is 4.34 Å². The van der Waals surface area contributed by atoms with Gasteiger partial charge in [-0.2, -0.15) is 0 Å². The van der Waals surface area contributed by atoms with Gasteiger partial charge in [-0.1, -0.05) is 42.7 Å². The van der Waals surface area contributed by atoms with Gasteiger partial charge in [0.2, 0.25) is 0 Å². The first-order chi connectivity index (χ1) is 7.83. The van der Waals surface area contributed by atoms with Gasteiger partial charge in [0, 0.05) is 19.1 Å². The van der Waals surface area contributed by atoms with Crippen molar-refractivity contribution in [1.29, 1.82) is 0 Å². The van der Waals surface area contributed by atoms with Crippen LogP contribution in [0.25, 0.3) is 21.8 Å². The molecule has 0 saturated carbocycles. The normalized spacial score (nSPS) is 11.6. The molecule has 16 heavy (non-hydrogen) atoms. The summed E-state index contributed by atoms with van der Waals surface area (Å²) in [6.45, 7) is 2.16. The van der Waals surface area contributed by atoms with E-state index in [0.29, 0.717) is 0 Å². The maximum absolute atomic E-state index is 4.00. The molecular weight excluding hydrogens is 213 g/mol. The molecule has 0 atom stereocenters. The minimum Gasteiger partial charge on any atom is -0.292 e. The molecule has 0 spiro atoms. The van der Waals surface area contributed by atoms with Crippen LogP contribution in [0.4, 0.5) is 0 Å². The summed E-state index contributed by atoms with van der Waals surface area (Å²) >= 11 is 0. The fourth-order valence-electron chi connectivity index (χ4n) is 2.31. The van der Waals surface area contributed by atoms with Crippen molar-refractivity contribution in [2.24, 2.45) is 0 Å². The summed E-state index contributed by atoms with van der Waals surface area (Å²) in [6, 6.07) is 15.0. The van der Waals surface area contributed by atoms with Gasteiger partial charge in [0.1, 0.15) is 0 Å². The Hall–Kier alpha value is -1.59. The minimum atomic E-state index is 1.02. The second kappa shape index (κ2) is 3.47. The summed E-state index contributed by atoms with van der Waals surface area (Å²) in [6.07, 6.45) is 4.00. The lowest BCUT2D eigenvalue weighted by Gasteiger charge is -2.00. The van der Waals surface area contributed by atoms with Crippen molar-refractivity contribution in [3.05, 3.63) is 48.0 Å². The predicted molar refractivity (Wildman–Crippen MR) is 73.6 cm³/mol. The third-order valence-electron chi connectivity index (χ3n) is 3.01. The molecule has 3 rings (SSSR count). The molecule has 0 aliphatic heterocycles. The lowest BCUT2D eigenvalue weighted by molar-refractivity contribution is 1.38. The van der Waals surface area contributed by atoms with Gasteiger partial charge in [0.15, 0.2) is 0 Å². The number of hydrogen-bond acceptors (Lipinski definition) is 0. The Bertz CT molecular complexity index is 694. The minimum absolute atomic E-state index is 1.02. The standard InChI is InChI=1S/C14H12NP/c1-10-6-5-8-12-11-7-3-4-9-13(11)15(16-2)14(10)12/h3-9H,2H2,1H3. The Morgan fingerprint density at radius 3 is 2.56 bits per heavy atom. The van der Waals surface area contributed by atoms with Crippen LogP contribution in [-0.2, 0) is 0 Å². The Kier molecular flexibility index (Phi) is 2.08. The van der Waals surface area contributed by atoms with Crippen molar-refractivity contribution in [3.63, 3.8) is 0 Å². The lowest BCUT2D eigenvalue weighted by Crippen LogP contribution is -1.82. The molecule has 0 amide bonds. The molecule has 0 aliphatic rings. The van der Waals surface area contributed by atoms with Gasteiger partial charge in [0.05, 0.1) is 11.0 Å². The zero-order valence-corrected chi connectivity index (χ0v) is 10.0. The highest BCUT2D eigenvalue weighted by molar-refractivity contribution is 7.35. The molecule has 0 aliphatic carbocycles. The molecule has 0 radical (unpaired) electrons. The molecule has 1 heterocycles. The number of aromatic nitrogens is 1. The van der Waals surface area contributed by atoms with Crippen LogP contribution in [0.3, 0.4) is 0 Å². The van der Waals surface area contributed by atoms with Crippen molar-refractivity contribution in [2.45, 2.75) is 6.92 Å². The Balaban J connectivity index is 2.70. The summed E-state index contributed by atoms with van der Waals surface area (Å²) in [5.41, 5.74) is 3.88. The van der Waals surface area contributed by atoms with E-state index >= 15 is 0 Å².